The molecule has 1 saturated carbocycles. The van der Waals surface area contributed by atoms with Gasteiger partial charge in [-0.2, -0.15) is 0 Å². The Kier molecular flexibility index (Phi) is 5.60. The highest BCUT2D eigenvalue weighted by Crippen LogP contribution is 2.53. The first kappa shape index (κ1) is 22.3. The Labute approximate surface area is 208 Å². The average molecular weight is 488 g/mol. The number of aromatic nitrogens is 1. The number of carbonyl (C=O) groups is 1. The maximum Gasteiger partial charge on any atom is 0.257 e. The summed E-state index contributed by atoms with van der Waals surface area (Å²) in [4.78, 5) is 22.6. The molecule has 6 rings (SSSR count). The van der Waals surface area contributed by atoms with Gasteiger partial charge in [0.2, 0.25) is 5.88 Å². The fourth-order valence-electron chi connectivity index (χ4n) is 5.49. The zero-order chi connectivity index (χ0) is 24.0. The minimum absolute atomic E-state index is 0.0823. The molecule has 2 aromatic carbocycles. The second kappa shape index (κ2) is 8.79. The van der Waals surface area contributed by atoms with Gasteiger partial charge in [0.1, 0.15) is 5.82 Å². The predicted molar refractivity (Wildman–Crippen MR) is 136 cm³/mol. The summed E-state index contributed by atoms with van der Waals surface area (Å²) in [5.41, 5.74) is 3.89. The van der Waals surface area contributed by atoms with E-state index in [-0.39, 0.29) is 17.6 Å². The number of benzene rings is 2. The molecule has 178 valence electrons. The third-order valence-corrected chi connectivity index (χ3v) is 8.43. The maximum absolute atomic E-state index is 15.4. The number of nitrogens with one attached hydrogen (secondary N) is 1. The van der Waals surface area contributed by atoms with Gasteiger partial charge in [0.25, 0.3) is 5.91 Å². The molecule has 7 heteroatoms. The molecule has 2 atom stereocenters. The molecule has 2 heterocycles. The van der Waals surface area contributed by atoms with Crippen molar-refractivity contribution in [3.8, 4) is 5.88 Å². The molecule has 0 unspecified atom stereocenters. The molecular weight excluding hydrogens is 461 g/mol. The smallest absolute Gasteiger partial charge is 0.257 e. The fourth-order valence-corrected chi connectivity index (χ4v) is 6.64. The molecule has 3 aliphatic rings. The molecule has 1 N–H and O–H groups in total. The normalized spacial score (nSPS) is 23.0. The molecule has 3 aromatic rings. The van der Waals surface area contributed by atoms with E-state index in [4.69, 9.17) is 9.73 Å². The molecule has 1 fully saturated rings. The summed E-state index contributed by atoms with van der Waals surface area (Å²) in [5, 5.41) is 3.50. The Hall–Kier alpha value is -3.19. The lowest BCUT2D eigenvalue weighted by Crippen LogP contribution is -2.48. The SMILES string of the molecule is COc1ncc(C2CC2)c2c1C[C@]1(c3ccccc3F)N=C(NC(=O)c3ccccc3)SC[C@@H]1C2. The van der Waals surface area contributed by atoms with Crippen LogP contribution in [-0.4, -0.2) is 28.9 Å². The molecule has 2 aliphatic carbocycles. The van der Waals surface area contributed by atoms with Crippen molar-refractivity contribution in [2.75, 3.05) is 12.9 Å². The number of nitrogens with zero attached hydrogens (tertiary/aromatic N) is 2. The summed E-state index contributed by atoms with van der Waals surface area (Å²) < 4.78 is 21.0. The van der Waals surface area contributed by atoms with E-state index < -0.39 is 5.54 Å². The number of halogens is 1. The van der Waals surface area contributed by atoms with E-state index in [1.54, 1.807) is 25.3 Å². The van der Waals surface area contributed by atoms with Gasteiger partial charge in [-0.05, 0) is 54.5 Å². The standard InChI is InChI=1S/C28H26FN3O2S/c1-34-26-21-14-28(23-9-5-6-10-24(23)29)19(13-20(21)22(15-30-26)17-11-12-17)16-35-27(32-28)31-25(33)18-7-3-2-4-8-18/h2-10,15,17,19H,11-14,16H2,1H3,(H,31,32,33)/t19-,28-/m0/s1. The van der Waals surface area contributed by atoms with Crippen molar-refractivity contribution in [3.63, 3.8) is 0 Å². The first-order chi connectivity index (χ1) is 17.1. The summed E-state index contributed by atoms with van der Waals surface area (Å²) in [6, 6.07) is 16.0. The summed E-state index contributed by atoms with van der Waals surface area (Å²) >= 11 is 1.53. The molecule has 5 nitrogen and oxygen atoms in total. The van der Waals surface area contributed by atoms with E-state index in [9.17, 15) is 4.79 Å². The van der Waals surface area contributed by atoms with Crippen molar-refractivity contribution >= 4 is 22.8 Å². The summed E-state index contributed by atoms with van der Waals surface area (Å²) in [6.07, 6.45) is 5.61. The molecule has 0 saturated heterocycles. The molecule has 35 heavy (non-hydrogen) atoms. The van der Waals surface area contributed by atoms with Crippen molar-refractivity contribution in [1.29, 1.82) is 0 Å². The monoisotopic (exact) mass is 487 g/mol. The number of carbonyl (C=O) groups excluding carboxylic acids is 1. The second-order valence-corrected chi connectivity index (χ2v) is 10.5. The highest BCUT2D eigenvalue weighted by Gasteiger charge is 2.50. The number of fused-ring (bicyclic) bond motifs is 2. The van der Waals surface area contributed by atoms with Crippen LogP contribution in [0.2, 0.25) is 0 Å². The van der Waals surface area contributed by atoms with Crippen molar-refractivity contribution in [3.05, 3.63) is 94.4 Å². The van der Waals surface area contributed by atoms with Gasteiger partial charge in [0, 0.05) is 41.0 Å². The van der Waals surface area contributed by atoms with E-state index in [1.807, 2.05) is 36.5 Å². The number of methoxy groups -OCH3 is 1. The molecule has 1 aromatic heterocycles. The molecule has 1 aliphatic heterocycles. The van der Waals surface area contributed by atoms with Crippen LogP contribution in [0.5, 0.6) is 5.88 Å². The summed E-state index contributed by atoms with van der Waals surface area (Å²) in [6.45, 7) is 0. The number of pyridine rings is 1. The third-order valence-electron chi connectivity index (χ3n) is 7.39. The minimum Gasteiger partial charge on any atom is -0.481 e. The summed E-state index contributed by atoms with van der Waals surface area (Å²) in [5.74, 6) is 1.46. The quantitative estimate of drug-likeness (QED) is 0.546. The second-order valence-electron chi connectivity index (χ2n) is 9.48. The van der Waals surface area contributed by atoms with Gasteiger partial charge >= 0.3 is 0 Å². The Morgan fingerprint density at radius 3 is 2.63 bits per heavy atom. The topological polar surface area (TPSA) is 63.6 Å². The molecule has 1 amide bonds. The van der Waals surface area contributed by atoms with E-state index in [2.05, 4.69) is 10.3 Å². The van der Waals surface area contributed by atoms with Crippen molar-refractivity contribution in [2.24, 2.45) is 10.9 Å². The number of amides is 1. The van der Waals surface area contributed by atoms with Crippen LogP contribution in [0.15, 0.2) is 65.8 Å². The van der Waals surface area contributed by atoms with E-state index >= 15 is 4.39 Å². The van der Waals surface area contributed by atoms with Crippen LogP contribution in [0.4, 0.5) is 4.39 Å². The zero-order valence-corrected chi connectivity index (χ0v) is 20.3. The first-order valence-electron chi connectivity index (χ1n) is 12.0. The van der Waals surface area contributed by atoms with Crippen LogP contribution < -0.4 is 10.1 Å². The number of aliphatic imine (C=N–C) groups is 1. The number of amidine groups is 1. The number of ether oxygens (including phenoxy) is 1. The lowest BCUT2D eigenvalue weighted by molar-refractivity contribution is 0.0977. The van der Waals surface area contributed by atoms with Crippen LogP contribution in [0.25, 0.3) is 0 Å². The highest BCUT2D eigenvalue weighted by atomic mass is 32.2. The zero-order valence-electron chi connectivity index (χ0n) is 19.5. The largest absolute Gasteiger partial charge is 0.481 e. The molecule has 0 spiro atoms. The van der Waals surface area contributed by atoms with Gasteiger partial charge in [-0.1, -0.05) is 48.2 Å². The van der Waals surface area contributed by atoms with Crippen LogP contribution in [0.3, 0.4) is 0 Å². The van der Waals surface area contributed by atoms with Crippen molar-refractivity contribution in [1.82, 2.24) is 10.3 Å². The van der Waals surface area contributed by atoms with Gasteiger partial charge in [-0.15, -0.1) is 0 Å². The number of hydrogen-bond donors (Lipinski definition) is 1. The minimum atomic E-state index is -0.847. The Balaban J connectivity index is 1.47. The molecular formula is C28H26FN3O2S. The van der Waals surface area contributed by atoms with Crippen molar-refractivity contribution in [2.45, 2.75) is 37.1 Å². The third kappa shape index (κ3) is 3.92. The maximum atomic E-state index is 15.4. The number of thioether (sulfide) groups is 1. The number of rotatable bonds is 4. The van der Waals surface area contributed by atoms with Crippen LogP contribution >= 0.6 is 11.8 Å². The molecule has 0 bridgehead atoms. The van der Waals surface area contributed by atoms with Crippen LogP contribution in [-0.2, 0) is 18.4 Å². The van der Waals surface area contributed by atoms with E-state index in [0.717, 1.165) is 17.7 Å². The highest BCUT2D eigenvalue weighted by molar-refractivity contribution is 8.13. The Bertz CT molecular complexity index is 1330. The van der Waals surface area contributed by atoms with E-state index in [0.29, 0.717) is 34.5 Å². The number of hydrogen-bond acceptors (Lipinski definition) is 5. The van der Waals surface area contributed by atoms with Gasteiger partial charge < -0.3 is 10.1 Å². The lowest BCUT2D eigenvalue weighted by atomic mass is 9.66. The molecule has 0 radical (unpaired) electrons. The van der Waals surface area contributed by atoms with Crippen LogP contribution in [0.1, 0.15) is 51.4 Å². The van der Waals surface area contributed by atoms with Gasteiger partial charge in [0.15, 0.2) is 5.17 Å². The average Bonchev–Trinajstić information content (AvgIpc) is 3.73. The predicted octanol–water partition coefficient (Wildman–Crippen LogP) is 5.25. The summed E-state index contributed by atoms with van der Waals surface area (Å²) in [7, 11) is 1.63. The van der Waals surface area contributed by atoms with E-state index in [1.165, 1.54) is 41.8 Å². The lowest BCUT2D eigenvalue weighted by Gasteiger charge is -2.45. The van der Waals surface area contributed by atoms with Gasteiger partial charge in [0.05, 0.1) is 12.6 Å². The Morgan fingerprint density at radius 1 is 1.11 bits per heavy atom. The van der Waals surface area contributed by atoms with Crippen molar-refractivity contribution < 1.29 is 13.9 Å². The van der Waals surface area contributed by atoms with Crippen LogP contribution in [0, 0.1) is 11.7 Å². The van der Waals surface area contributed by atoms with Gasteiger partial charge in [-0.25, -0.2) is 14.4 Å². The van der Waals surface area contributed by atoms with Gasteiger partial charge in [-0.3, -0.25) is 4.79 Å². The Morgan fingerprint density at radius 2 is 1.89 bits per heavy atom. The first-order valence-corrected chi connectivity index (χ1v) is 13.0. The fraction of sp³-hybridized carbons (Fsp3) is 0.321.